The quantitative estimate of drug-likeness (QED) is 0.554. The van der Waals surface area contributed by atoms with Gasteiger partial charge in [-0.3, -0.25) is 19.4 Å². The average molecular weight is 421 g/mol. The lowest BCUT2D eigenvalue weighted by atomic mass is 9.74. The molecule has 2 N–H and O–H groups in total. The molecule has 0 spiro atoms. The van der Waals surface area contributed by atoms with Gasteiger partial charge in [0.2, 0.25) is 5.91 Å². The van der Waals surface area contributed by atoms with Crippen LogP contribution in [-0.2, 0) is 19.1 Å². The Hall–Kier alpha value is -2.14. The molecule has 2 unspecified atom stereocenters. The molecule has 0 bridgehead atoms. The molecule has 8 heteroatoms. The Kier molecular flexibility index (Phi) is 8.65. The minimum absolute atomic E-state index is 0.0744. The van der Waals surface area contributed by atoms with Gasteiger partial charge in [-0.2, -0.15) is 5.26 Å². The third kappa shape index (κ3) is 6.18. The Morgan fingerprint density at radius 3 is 2.57 bits per heavy atom. The van der Waals surface area contributed by atoms with E-state index in [1.54, 1.807) is 0 Å². The highest BCUT2D eigenvalue weighted by atomic mass is 16.5. The van der Waals surface area contributed by atoms with Crippen LogP contribution in [0.1, 0.15) is 72.6 Å². The Morgan fingerprint density at radius 2 is 2.00 bits per heavy atom. The highest BCUT2D eigenvalue weighted by Gasteiger charge is 2.39. The van der Waals surface area contributed by atoms with Crippen molar-refractivity contribution < 1.29 is 19.1 Å². The number of hydrogen-bond acceptors (Lipinski definition) is 6. The molecule has 2 amide bonds. The largest absolute Gasteiger partial charge is 0.464 e. The Balaban J connectivity index is 1.89. The fourth-order valence-electron chi connectivity index (χ4n) is 4.00. The zero-order valence-corrected chi connectivity index (χ0v) is 18.7. The molecule has 1 saturated carbocycles. The van der Waals surface area contributed by atoms with E-state index in [4.69, 9.17) is 10.00 Å². The van der Waals surface area contributed by atoms with E-state index in [1.807, 2.05) is 6.92 Å². The van der Waals surface area contributed by atoms with Crippen molar-refractivity contribution in [2.45, 2.75) is 84.7 Å². The van der Waals surface area contributed by atoms with Crippen LogP contribution in [0.25, 0.3) is 0 Å². The second kappa shape index (κ2) is 10.8. The van der Waals surface area contributed by atoms with Gasteiger partial charge in [-0.25, -0.2) is 5.43 Å². The van der Waals surface area contributed by atoms with Crippen molar-refractivity contribution >= 4 is 17.8 Å². The normalized spacial score (nSPS) is 24.9. The van der Waals surface area contributed by atoms with Crippen molar-refractivity contribution in [3.63, 3.8) is 0 Å². The van der Waals surface area contributed by atoms with Crippen molar-refractivity contribution in [2.75, 3.05) is 13.2 Å². The molecule has 30 heavy (non-hydrogen) atoms. The van der Waals surface area contributed by atoms with E-state index in [0.717, 1.165) is 19.3 Å². The van der Waals surface area contributed by atoms with Gasteiger partial charge in [-0.05, 0) is 43.9 Å². The third-order valence-electron chi connectivity index (χ3n) is 6.07. The molecule has 8 nitrogen and oxygen atoms in total. The minimum Gasteiger partial charge on any atom is -0.464 e. The topological polar surface area (TPSA) is 112 Å². The lowest BCUT2D eigenvalue weighted by molar-refractivity contribution is -0.155. The summed E-state index contributed by atoms with van der Waals surface area (Å²) in [5.74, 6) is -1.44. The van der Waals surface area contributed by atoms with Crippen molar-refractivity contribution in [1.82, 2.24) is 15.8 Å². The molecule has 2 rings (SSSR count). The molecular formula is C22H36N4O4. The van der Waals surface area contributed by atoms with Gasteiger partial charge in [0.25, 0.3) is 5.91 Å². The van der Waals surface area contributed by atoms with E-state index in [-0.39, 0.29) is 35.0 Å². The van der Waals surface area contributed by atoms with Crippen molar-refractivity contribution in [3.05, 3.63) is 0 Å². The number of carbonyl (C=O) groups is 3. The fourth-order valence-corrected chi connectivity index (χ4v) is 4.00. The standard InChI is InChI=1S/C22H36N4O4/c1-5-11-22(3,4)14-30-21(29)18-8-7-12-26(25-18)20(28)17(6-2)24-19(27)16-10-9-15(16)13-23/h15-18,25H,5-12,14H2,1-4H3,(H,24,27)/t15?,16?,17-,18-/m0/s1. The van der Waals surface area contributed by atoms with Crippen LogP contribution in [0.4, 0.5) is 0 Å². The summed E-state index contributed by atoms with van der Waals surface area (Å²) in [5.41, 5.74) is 2.92. The van der Waals surface area contributed by atoms with E-state index in [9.17, 15) is 14.4 Å². The van der Waals surface area contributed by atoms with Crippen molar-refractivity contribution in [1.29, 1.82) is 5.26 Å². The van der Waals surface area contributed by atoms with Gasteiger partial charge in [0.1, 0.15) is 12.1 Å². The van der Waals surface area contributed by atoms with E-state index in [2.05, 4.69) is 37.6 Å². The van der Waals surface area contributed by atoms with Crippen molar-refractivity contribution in [2.24, 2.45) is 17.3 Å². The number of hydrazine groups is 1. The maximum absolute atomic E-state index is 12.9. The Bertz CT molecular complexity index is 673. The molecule has 1 aliphatic carbocycles. The van der Waals surface area contributed by atoms with Gasteiger partial charge < -0.3 is 10.1 Å². The number of nitrogens with zero attached hydrogens (tertiary/aromatic N) is 2. The summed E-state index contributed by atoms with van der Waals surface area (Å²) in [5, 5.41) is 13.3. The number of carbonyl (C=O) groups excluding carboxylic acids is 3. The lowest BCUT2D eigenvalue weighted by Gasteiger charge is -2.36. The second-order valence-electron chi connectivity index (χ2n) is 9.22. The summed E-state index contributed by atoms with van der Waals surface area (Å²) in [4.78, 5) is 37.9. The number of rotatable bonds is 9. The molecule has 2 fully saturated rings. The van der Waals surface area contributed by atoms with Gasteiger partial charge in [-0.15, -0.1) is 0 Å². The van der Waals surface area contributed by atoms with Crippen LogP contribution in [0.15, 0.2) is 0 Å². The van der Waals surface area contributed by atoms with Crippen LogP contribution >= 0.6 is 0 Å². The van der Waals surface area contributed by atoms with Crippen LogP contribution in [-0.4, -0.2) is 48.0 Å². The third-order valence-corrected chi connectivity index (χ3v) is 6.07. The van der Waals surface area contributed by atoms with Crippen LogP contribution < -0.4 is 10.7 Å². The Labute approximate surface area is 179 Å². The van der Waals surface area contributed by atoms with E-state index in [1.165, 1.54) is 5.01 Å². The molecule has 0 radical (unpaired) electrons. The summed E-state index contributed by atoms with van der Waals surface area (Å²) in [6.07, 6.45) is 5.12. The molecule has 1 aliphatic heterocycles. The van der Waals surface area contributed by atoms with Crippen LogP contribution in [0.5, 0.6) is 0 Å². The number of nitriles is 1. The van der Waals surface area contributed by atoms with Crippen LogP contribution in [0.2, 0.25) is 0 Å². The van der Waals surface area contributed by atoms with Gasteiger partial charge in [0.15, 0.2) is 0 Å². The Morgan fingerprint density at radius 1 is 1.27 bits per heavy atom. The minimum atomic E-state index is -0.678. The summed E-state index contributed by atoms with van der Waals surface area (Å²) in [6.45, 7) is 8.89. The molecule has 1 saturated heterocycles. The molecule has 2 aliphatic rings. The smallest absolute Gasteiger partial charge is 0.324 e. The number of amides is 2. The highest BCUT2D eigenvalue weighted by molar-refractivity contribution is 5.89. The SMILES string of the molecule is CCCC(C)(C)COC(=O)[C@@H]1CCCN(C(=O)[C@H](CC)NC(=O)C2CCC2C#N)N1. The fraction of sp³-hybridized carbons (Fsp3) is 0.818. The molecular weight excluding hydrogens is 384 g/mol. The number of hydrogen-bond donors (Lipinski definition) is 2. The lowest BCUT2D eigenvalue weighted by Crippen LogP contribution is -2.60. The molecule has 1 heterocycles. The van der Waals surface area contributed by atoms with Crippen LogP contribution in [0, 0.1) is 28.6 Å². The van der Waals surface area contributed by atoms with Gasteiger partial charge >= 0.3 is 5.97 Å². The second-order valence-corrected chi connectivity index (χ2v) is 9.22. The average Bonchev–Trinajstić information content (AvgIpc) is 2.69. The molecule has 0 aromatic rings. The predicted molar refractivity (Wildman–Crippen MR) is 112 cm³/mol. The maximum atomic E-state index is 12.9. The summed E-state index contributed by atoms with van der Waals surface area (Å²) in [6, 6.07) is 0.901. The number of nitrogens with one attached hydrogen (secondary N) is 2. The van der Waals surface area contributed by atoms with Gasteiger partial charge in [0.05, 0.1) is 24.5 Å². The van der Waals surface area contributed by atoms with E-state index >= 15 is 0 Å². The van der Waals surface area contributed by atoms with Gasteiger partial charge in [-0.1, -0.05) is 34.1 Å². The molecule has 0 aromatic heterocycles. The first-order valence-corrected chi connectivity index (χ1v) is 11.2. The molecule has 0 aromatic carbocycles. The molecule has 168 valence electrons. The summed E-state index contributed by atoms with van der Waals surface area (Å²) < 4.78 is 5.52. The van der Waals surface area contributed by atoms with Gasteiger partial charge in [0, 0.05) is 6.54 Å². The first kappa shape index (κ1) is 24.1. The van der Waals surface area contributed by atoms with E-state index in [0.29, 0.717) is 38.8 Å². The van der Waals surface area contributed by atoms with Crippen molar-refractivity contribution in [3.8, 4) is 6.07 Å². The highest BCUT2D eigenvalue weighted by Crippen LogP contribution is 2.33. The summed E-state index contributed by atoms with van der Waals surface area (Å²) >= 11 is 0. The predicted octanol–water partition coefficient (Wildman–Crippen LogP) is 2.30. The first-order valence-electron chi connectivity index (χ1n) is 11.2. The van der Waals surface area contributed by atoms with Crippen LogP contribution in [0.3, 0.4) is 0 Å². The maximum Gasteiger partial charge on any atom is 0.324 e. The number of ether oxygens (including phenoxy) is 1. The monoisotopic (exact) mass is 420 g/mol. The zero-order valence-electron chi connectivity index (χ0n) is 18.7. The number of esters is 1. The first-order chi connectivity index (χ1) is 14.2. The molecule has 4 atom stereocenters. The zero-order chi connectivity index (χ0) is 22.3. The van der Waals surface area contributed by atoms with E-state index < -0.39 is 12.1 Å². The summed E-state index contributed by atoms with van der Waals surface area (Å²) in [7, 11) is 0.